The zero-order valence-electron chi connectivity index (χ0n) is 13.6. The van der Waals surface area contributed by atoms with Gasteiger partial charge >= 0.3 is 12.1 Å². The Morgan fingerprint density at radius 3 is 2.52 bits per heavy atom. The number of amides is 1. The summed E-state index contributed by atoms with van der Waals surface area (Å²) in [6.45, 7) is 11.6. The predicted octanol–water partition coefficient (Wildman–Crippen LogP) is 3.28. The van der Waals surface area contributed by atoms with E-state index in [9.17, 15) is 9.59 Å². The van der Waals surface area contributed by atoms with Crippen LogP contribution in [-0.2, 0) is 14.3 Å². The standard InChI is InChI=1S/C16H27NO4/c1-6-8-11-20-14(18)13-10-9-12(7-2)17(13)15(19)21-16(3,4)5/h7,12-13H,2,6,8-11H2,1,3-5H3/t12?,13-/m0/s1. The van der Waals surface area contributed by atoms with E-state index in [4.69, 9.17) is 9.47 Å². The summed E-state index contributed by atoms with van der Waals surface area (Å²) >= 11 is 0. The lowest BCUT2D eigenvalue weighted by Gasteiger charge is -2.30. The van der Waals surface area contributed by atoms with Crippen LogP contribution in [0.15, 0.2) is 12.7 Å². The van der Waals surface area contributed by atoms with E-state index >= 15 is 0 Å². The topological polar surface area (TPSA) is 55.8 Å². The van der Waals surface area contributed by atoms with Gasteiger partial charge in [0.2, 0.25) is 0 Å². The molecule has 5 nitrogen and oxygen atoms in total. The summed E-state index contributed by atoms with van der Waals surface area (Å²) in [5.41, 5.74) is -0.595. The molecule has 0 bridgehead atoms. The molecule has 0 N–H and O–H groups in total. The van der Waals surface area contributed by atoms with Gasteiger partial charge in [-0.15, -0.1) is 6.58 Å². The zero-order valence-corrected chi connectivity index (χ0v) is 13.6. The maximum absolute atomic E-state index is 12.3. The van der Waals surface area contributed by atoms with E-state index in [0.29, 0.717) is 19.4 Å². The maximum Gasteiger partial charge on any atom is 0.411 e. The molecule has 1 unspecified atom stereocenters. The van der Waals surface area contributed by atoms with E-state index in [1.165, 1.54) is 4.90 Å². The van der Waals surface area contributed by atoms with Crippen LogP contribution in [0.2, 0.25) is 0 Å². The van der Waals surface area contributed by atoms with Crippen LogP contribution in [0.3, 0.4) is 0 Å². The molecule has 0 spiro atoms. The van der Waals surface area contributed by atoms with Crippen LogP contribution in [-0.4, -0.2) is 41.3 Å². The highest BCUT2D eigenvalue weighted by Crippen LogP contribution is 2.28. The first-order valence-electron chi connectivity index (χ1n) is 7.60. The Bertz CT molecular complexity index is 386. The van der Waals surface area contributed by atoms with Crippen LogP contribution in [0.5, 0.6) is 0 Å². The van der Waals surface area contributed by atoms with Gasteiger partial charge in [0, 0.05) is 0 Å². The number of unbranched alkanes of at least 4 members (excludes halogenated alkanes) is 1. The monoisotopic (exact) mass is 297 g/mol. The third-order valence-electron chi connectivity index (χ3n) is 3.32. The van der Waals surface area contributed by atoms with Crippen LogP contribution in [0.4, 0.5) is 4.79 Å². The molecule has 1 aliphatic rings. The Morgan fingerprint density at radius 1 is 1.33 bits per heavy atom. The fraction of sp³-hybridized carbons (Fsp3) is 0.750. The number of nitrogens with zero attached hydrogens (tertiary/aromatic N) is 1. The quantitative estimate of drug-likeness (QED) is 0.444. The number of esters is 1. The zero-order chi connectivity index (χ0) is 16.0. The third kappa shape index (κ3) is 5.06. The lowest BCUT2D eigenvalue weighted by molar-refractivity contribution is -0.149. The van der Waals surface area contributed by atoms with Gasteiger partial charge in [0.25, 0.3) is 0 Å². The summed E-state index contributed by atoms with van der Waals surface area (Å²) in [7, 11) is 0. The summed E-state index contributed by atoms with van der Waals surface area (Å²) in [4.78, 5) is 25.9. The predicted molar refractivity (Wildman–Crippen MR) is 80.9 cm³/mol. The van der Waals surface area contributed by atoms with E-state index in [0.717, 1.165) is 12.8 Å². The lowest BCUT2D eigenvalue weighted by atomic mass is 10.2. The summed E-state index contributed by atoms with van der Waals surface area (Å²) in [5, 5.41) is 0. The highest BCUT2D eigenvalue weighted by Gasteiger charge is 2.42. The molecule has 0 aromatic carbocycles. The number of rotatable bonds is 5. The highest BCUT2D eigenvalue weighted by molar-refractivity contribution is 5.82. The van der Waals surface area contributed by atoms with E-state index in [1.807, 2.05) is 6.92 Å². The average molecular weight is 297 g/mol. The molecule has 1 heterocycles. The molecular weight excluding hydrogens is 270 g/mol. The highest BCUT2D eigenvalue weighted by atomic mass is 16.6. The second kappa shape index (κ2) is 7.48. The van der Waals surface area contributed by atoms with Crippen molar-refractivity contribution in [2.75, 3.05) is 6.61 Å². The molecule has 1 amide bonds. The SMILES string of the molecule is C=CC1CC[C@@H](C(=O)OCCCC)N1C(=O)OC(C)(C)C. The minimum absolute atomic E-state index is 0.177. The average Bonchev–Trinajstić information content (AvgIpc) is 2.80. The Kier molecular flexibility index (Phi) is 6.24. The Morgan fingerprint density at radius 2 is 2.00 bits per heavy atom. The van der Waals surface area contributed by atoms with Gasteiger partial charge < -0.3 is 9.47 Å². The fourth-order valence-electron chi connectivity index (χ4n) is 2.29. The number of carbonyl (C=O) groups excluding carboxylic acids is 2. The minimum atomic E-state index is -0.595. The lowest BCUT2D eigenvalue weighted by Crippen LogP contribution is -2.47. The normalized spacial score (nSPS) is 22.0. The van der Waals surface area contributed by atoms with E-state index < -0.39 is 17.7 Å². The van der Waals surface area contributed by atoms with Crippen LogP contribution in [0.25, 0.3) is 0 Å². The first kappa shape index (κ1) is 17.5. The van der Waals surface area contributed by atoms with E-state index in [2.05, 4.69) is 6.58 Å². The first-order chi connectivity index (χ1) is 9.80. The van der Waals surface area contributed by atoms with Crippen molar-refractivity contribution in [1.82, 2.24) is 4.90 Å². The summed E-state index contributed by atoms with van der Waals surface area (Å²) in [5.74, 6) is -0.348. The molecule has 0 saturated carbocycles. The molecule has 1 rings (SSSR count). The smallest absolute Gasteiger partial charge is 0.411 e. The molecule has 1 saturated heterocycles. The second-order valence-corrected chi connectivity index (χ2v) is 6.30. The molecule has 0 radical (unpaired) electrons. The van der Waals surface area contributed by atoms with Crippen molar-refractivity contribution in [2.24, 2.45) is 0 Å². The number of hydrogen-bond acceptors (Lipinski definition) is 4. The van der Waals surface area contributed by atoms with Gasteiger partial charge in [0.1, 0.15) is 11.6 Å². The van der Waals surface area contributed by atoms with Crippen LogP contribution < -0.4 is 0 Å². The van der Waals surface area contributed by atoms with Gasteiger partial charge in [-0.25, -0.2) is 9.59 Å². The van der Waals surface area contributed by atoms with Crippen molar-refractivity contribution in [2.45, 2.75) is 71.1 Å². The Balaban J connectivity index is 2.75. The molecule has 0 aliphatic carbocycles. The molecule has 0 aromatic rings. The van der Waals surface area contributed by atoms with Crippen molar-refractivity contribution in [1.29, 1.82) is 0 Å². The largest absolute Gasteiger partial charge is 0.464 e. The number of carbonyl (C=O) groups is 2. The molecule has 120 valence electrons. The molecule has 2 atom stereocenters. The van der Waals surface area contributed by atoms with Crippen molar-refractivity contribution >= 4 is 12.1 Å². The van der Waals surface area contributed by atoms with Crippen molar-refractivity contribution in [3.8, 4) is 0 Å². The maximum atomic E-state index is 12.3. The molecular formula is C16H27NO4. The van der Waals surface area contributed by atoms with Crippen molar-refractivity contribution < 1.29 is 19.1 Å². The number of ether oxygens (including phenoxy) is 2. The van der Waals surface area contributed by atoms with E-state index in [-0.39, 0.29) is 12.0 Å². The van der Waals surface area contributed by atoms with Crippen molar-refractivity contribution in [3.63, 3.8) is 0 Å². The summed E-state index contributed by atoms with van der Waals surface area (Å²) < 4.78 is 10.6. The fourth-order valence-corrected chi connectivity index (χ4v) is 2.29. The molecule has 1 aliphatic heterocycles. The third-order valence-corrected chi connectivity index (χ3v) is 3.32. The van der Waals surface area contributed by atoms with Crippen LogP contribution in [0, 0.1) is 0 Å². The first-order valence-corrected chi connectivity index (χ1v) is 7.60. The number of likely N-dealkylation sites (tertiary alicyclic amines) is 1. The van der Waals surface area contributed by atoms with Crippen LogP contribution in [0.1, 0.15) is 53.4 Å². The Labute approximate surface area is 127 Å². The molecule has 1 fully saturated rings. The van der Waals surface area contributed by atoms with E-state index in [1.54, 1.807) is 26.8 Å². The summed E-state index contributed by atoms with van der Waals surface area (Å²) in [6.07, 6.45) is 4.28. The second-order valence-electron chi connectivity index (χ2n) is 6.30. The number of hydrogen-bond donors (Lipinski definition) is 0. The van der Waals surface area contributed by atoms with Gasteiger partial charge in [0.15, 0.2) is 0 Å². The van der Waals surface area contributed by atoms with Gasteiger partial charge in [-0.2, -0.15) is 0 Å². The molecule has 5 heteroatoms. The summed E-state index contributed by atoms with van der Waals surface area (Å²) in [6, 6.07) is -0.747. The minimum Gasteiger partial charge on any atom is -0.464 e. The van der Waals surface area contributed by atoms with Crippen LogP contribution >= 0.6 is 0 Å². The van der Waals surface area contributed by atoms with Gasteiger partial charge in [-0.3, -0.25) is 4.90 Å². The molecule has 0 aromatic heterocycles. The van der Waals surface area contributed by atoms with Gasteiger partial charge in [0.05, 0.1) is 12.6 Å². The van der Waals surface area contributed by atoms with Gasteiger partial charge in [-0.1, -0.05) is 19.4 Å². The Hall–Kier alpha value is -1.52. The van der Waals surface area contributed by atoms with Crippen molar-refractivity contribution in [3.05, 3.63) is 12.7 Å². The molecule has 21 heavy (non-hydrogen) atoms. The van der Waals surface area contributed by atoms with Gasteiger partial charge in [-0.05, 0) is 40.0 Å².